The van der Waals surface area contributed by atoms with Gasteiger partial charge in [0.15, 0.2) is 0 Å². The average Bonchev–Trinajstić information content (AvgIpc) is 2.16. The molecule has 0 saturated heterocycles. The van der Waals surface area contributed by atoms with Gasteiger partial charge in [0.05, 0.1) is 0 Å². The first-order chi connectivity index (χ1) is 6.27. The van der Waals surface area contributed by atoms with Crippen molar-refractivity contribution < 1.29 is 5.11 Å². The van der Waals surface area contributed by atoms with E-state index in [1.165, 1.54) is 12.0 Å². The van der Waals surface area contributed by atoms with E-state index in [0.29, 0.717) is 5.75 Å². The van der Waals surface area contributed by atoms with Crippen LogP contribution in [0.2, 0.25) is 0 Å². The van der Waals surface area contributed by atoms with Crippen LogP contribution in [0.5, 0.6) is 5.75 Å². The molecule has 0 radical (unpaired) electrons. The van der Waals surface area contributed by atoms with Crippen molar-refractivity contribution in [3.63, 3.8) is 0 Å². The second kappa shape index (κ2) is 4.90. The van der Waals surface area contributed by atoms with Gasteiger partial charge in [0, 0.05) is 0 Å². The quantitative estimate of drug-likeness (QED) is 0.750. The lowest BCUT2D eigenvalue weighted by molar-refractivity contribution is 0.466. The van der Waals surface area contributed by atoms with Crippen molar-refractivity contribution in [1.29, 1.82) is 0 Å². The summed E-state index contributed by atoms with van der Waals surface area (Å²) < 4.78 is 0. The van der Waals surface area contributed by atoms with Gasteiger partial charge in [0.25, 0.3) is 0 Å². The van der Waals surface area contributed by atoms with Gasteiger partial charge >= 0.3 is 0 Å². The third-order valence-electron chi connectivity index (χ3n) is 2.36. The number of hydrogen-bond donors (Lipinski definition) is 1. The summed E-state index contributed by atoms with van der Waals surface area (Å²) in [6, 6.07) is 6.03. The molecule has 0 saturated carbocycles. The molecule has 0 spiro atoms. The van der Waals surface area contributed by atoms with Crippen LogP contribution in [0, 0.1) is 0 Å². The minimum Gasteiger partial charge on any atom is -0.508 e. The largest absolute Gasteiger partial charge is 0.508 e. The Hall–Kier alpha value is -0.980. The van der Waals surface area contributed by atoms with Gasteiger partial charge in [0.1, 0.15) is 5.75 Å². The maximum atomic E-state index is 9.65. The minimum atomic E-state index is 0.466. The predicted octanol–water partition coefficient (Wildman–Crippen LogP) is 3.30. The van der Waals surface area contributed by atoms with E-state index < -0.39 is 0 Å². The zero-order valence-corrected chi connectivity index (χ0v) is 8.51. The molecule has 1 nitrogen and oxygen atoms in total. The van der Waals surface area contributed by atoms with Crippen LogP contribution in [-0.2, 0) is 12.8 Å². The number of aryl methyl sites for hydroxylation is 2. The standard InChI is InChI=1S/C12H18O/c1-3-5-6-11-8-7-10(4-2)9-12(11)13/h7-9,13H,3-6H2,1-2H3. The number of phenolic OH excluding ortho intramolecular Hbond substituents is 1. The van der Waals surface area contributed by atoms with Crippen molar-refractivity contribution in [2.24, 2.45) is 0 Å². The van der Waals surface area contributed by atoms with Gasteiger partial charge in [-0.05, 0) is 36.5 Å². The van der Waals surface area contributed by atoms with Crippen LogP contribution >= 0.6 is 0 Å². The van der Waals surface area contributed by atoms with E-state index in [9.17, 15) is 5.11 Å². The fourth-order valence-electron chi connectivity index (χ4n) is 1.41. The fraction of sp³-hybridized carbons (Fsp3) is 0.500. The third-order valence-corrected chi connectivity index (χ3v) is 2.36. The highest BCUT2D eigenvalue weighted by Gasteiger charge is 2.00. The van der Waals surface area contributed by atoms with Crippen LogP contribution in [0.15, 0.2) is 18.2 Å². The topological polar surface area (TPSA) is 20.2 Å². The van der Waals surface area contributed by atoms with Gasteiger partial charge in [-0.2, -0.15) is 0 Å². The van der Waals surface area contributed by atoms with E-state index >= 15 is 0 Å². The van der Waals surface area contributed by atoms with Crippen molar-refractivity contribution in [3.8, 4) is 5.75 Å². The van der Waals surface area contributed by atoms with Gasteiger partial charge in [-0.25, -0.2) is 0 Å². The molecule has 72 valence electrons. The first-order valence-electron chi connectivity index (χ1n) is 5.08. The second-order valence-electron chi connectivity index (χ2n) is 3.42. The SMILES string of the molecule is CCCCc1ccc(CC)cc1O. The zero-order chi connectivity index (χ0) is 9.68. The molecule has 1 heteroatoms. The maximum Gasteiger partial charge on any atom is 0.119 e. The molecule has 1 rings (SSSR count). The van der Waals surface area contributed by atoms with Crippen molar-refractivity contribution >= 4 is 0 Å². The van der Waals surface area contributed by atoms with Gasteiger partial charge in [0.2, 0.25) is 0 Å². The average molecular weight is 178 g/mol. The fourth-order valence-corrected chi connectivity index (χ4v) is 1.41. The predicted molar refractivity (Wildman–Crippen MR) is 56.1 cm³/mol. The summed E-state index contributed by atoms with van der Waals surface area (Å²) in [5.74, 6) is 0.466. The molecular weight excluding hydrogens is 160 g/mol. The number of aromatic hydroxyl groups is 1. The van der Waals surface area contributed by atoms with Crippen molar-refractivity contribution in [3.05, 3.63) is 29.3 Å². The molecule has 0 heterocycles. The Balaban J connectivity index is 2.73. The molecule has 1 aromatic carbocycles. The Morgan fingerprint density at radius 1 is 1.23 bits per heavy atom. The van der Waals surface area contributed by atoms with Crippen LogP contribution in [0.3, 0.4) is 0 Å². The van der Waals surface area contributed by atoms with Crippen LogP contribution in [0.25, 0.3) is 0 Å². The number of rotatable bonds is 4. The molecule has 0 bridgehead atoms. The number of benzene rings is 1. The normalized spacial score (nSPS) is 10.3. The number of hydrogen-bond acceptors (Lipinski definition) is 1. The lowest BCUT2D eigenvalue weighted by Crippen LogP contribution is -1.87. The van der Waals surface area contributed by atoms with Gasteiger partial charge in [-0.3, -0.25) is 0 Å². The minimum absolute atomic E-state index is 0.466. The Morgan fingerprint density at radius 3 is 2.54 bits per heavy atom. The monoisotopic (exact) mass is 178 g/mol. The van der Waals surface area contributed by atoms with E-state index in [0.717, 1.165) is 24.8 Å². The van der Waals surface area contributed by atoms with Crippen LogP contribution in [0.4, 0.5) is 0 Å². The maximum absolute atomic E-state index is 9.65. The van der Waals surface area contributed by atoms with E-state index in [2.05, 4.69) is 19.9 Å². The molecule has 0 aliphatic heterocycles. The summed E-state index contributed by atoms with van der Waals surface area (Å²) in [7, 11) is 0. The van der Waals surface area contributed by atoms with E-state index in [4.69, 9.17) is 0 Å². The molecule has 0 aliphatic rings. The number of phenols is 1. The molecule has 0 amide bonds. The zero-order valence-electron chi connectivity index (χ0n) is 8.51. The number of unbranched alkanes of at least 4 members (excludes halogenated alkanes) is 1. The summed E-state index contributed by atoms with van der Waals surface area (Å²) in [5.41, 5.74) is 2.29. The third kappa shape index (κ3) is 2.76. The Bertz CT molecular complexity index is 266. The smallest absolute Gasteiger partial charge is 0.119 e. The molecule has 0 unspecified atom stereocenters. The van der Waals surface area contributed by atoms with Gasteiger partial charge in [-0.15, -0.1) is 0 Å². The van der Waals surface area contributed by atoms with Gasteiger partial charge < -0.3 is 5.11 Å². The van der Waals surface area contributed by atoms with Crippen molar-refractivity contribution in [2.45, 2.75) is 39.5 Å². The lowest BCUT2D eigenvalue weighted by atomic mass is 10.0. The first-order valence-corrected chi connectivity index (χ1v) is 5.08. The summed E-state index contributed by atoms with van der Waals surface area (Å²) in [4.78, 5) is 0. The lowest BCUT2D eigenvalue weighted by Gasteiger charge is -2.05. The first kappa shape index (κ1) is 10.1. The highest BCUT2D eigenvalue weighted by Crippen LogP contribution is 2.20. The van der Waals surface area contributed by atoms with E-state index in [-0.39, 0.29) is 0 Å². The molecule has 0 fully saturated rings. The molecule has 0 aliphatic carbocycles. The Kier molecular flexibility index (Phi) is 3.81. The molecule has 0 atom stereocenters. The van der Waals surface area contributed by atoms with Gasteiger partial charge in [-0.1, -0.05) is 32.4 Å². The summed E-state index contributed by atoms with van der Waals surface area (Å²) in [5, 5.41) is 9.65. The highest BCUT2D eigenvalue weighted by molar-refractivity contribution is 5.36. The molecule has 1 N–H and O–H groups in total. The van der Waals surface area contributed by atoms with E-state index in [1.54, 1.807) is 0 Å². The van der Waals surface area contributed by atoms with Crippen LogP contribution in [-0.4, -0.2) is 5.11 Å². The Morgan fingerprint density at radius 2 is 2.00 bits per heavy atom. The van der Waals surface area contributed by atoms with E-state index in [1.807, 2.05) is 12.1 Å². The van der Waals surface area contributed by atoms with Crippen LogP contribution < -0.4 is 0 Å². The molecule has 0 aromatic heterocycles. The highest BCUT2D eigenvalue weighted by atomic mass is 16.3. The molecule has 13 heavy (non-hydrogen) atoms. The Labute approximate surface area is 80.4 Å². The molecule has 1 aromatic rings. The van der Waals surface area contributed by atoms with Crippen molar-refractivity contribution in [1.82, 2.24) is 0 Å². The summed E-state index contributed by atoms with van der Waals surface area (Å²) in [6.07, 6.45) is 4.31. The summed E-state index contributed by atoms with van der Waals surface area (Å²) >= 11 is 0. The second-order valence-corrected chi connectivity index (χ2v) is 3.42. The van der Waals surface area contributed by atoms with Crippen molar-refractivity contribution in [2.75, 3.05) is 0 Å². The van der Waals surface area contributed by atoms with Crippen LogP contribution in [0.1, 0.15) is 37.8 Å². The molecular formula is C12H18O. The summed E-state index contributed by atoms with van der Waals surface area (Å²) in [6.45, 7) is 4.26.